The molecule has 0 aliphatic heterocycles. The number of nitriles is 1. The summed E-state index contributed by atoms with van der Waals surface area (Å²) >= 11 is 11.2. The van der Waals surface area contributed by atoms with Gasteiger partial charge in [-0.3, -0.25) is 4.57 Å². The zero-order valence-electron chi connectivity index (χ0n) is 10.0. The van der Waals surface area contributed by atoms with Gasteiger partial charge in [0.1, 0.15) is 0 Å². The monoisotopic (exact) mass is 455 g/mol. The van der Waals surface area contributed by atoms with Crippen molar-refractivity contribution in [1.82, 2.24) is 9.55 Å². The number of H-pyrrole nitrogens is 1. The van der Waals surface area contributed by atoms with E-state index in [1.54, 1.807) is 12.1 Å². The third-order valence-corrected chi connectivity index (χ3v) is 4.55. The molecule has 0 atom stereocenters. The maximum atomic E-state index is 8.94. The minimum atomic E-state index is 0.613. The Hall–Kier alpha value is -1.17. The van der Waals surface area contributed by atoms with Gasteiger partial charge in [0.05, 0.1) is 28.4 Å². The summed E-state index contributed by atoms with van der Waals surface area (Å²) in [4.78, 5) is 3.21. The number of aromatic amines is 1. The SMILES string of the molecule is N#Cc1ccc(-n2c(=S)[nH]c3cc(I)ccc32)c(Br)c1. The first kappa shape index (κ1) is 13.8. The van der Waals surface area contributed by atoms with Crippen LogP contribution < -0.4 is 0 Å². The molecule has 0 unspecified atom stereocenters. The number of imidazole rings is 1. The van der Waals surface area contributed by atoms with E-state index in [2.05, 4.69) is 55.6 Å². The van der Waals surface area contributed by atoms with Gasteiger partial charge in [0.2, 0.25) is 0 Å². The molecular weight excluding hydrogens is 449 g/mol. The molecule has 20 heavy (non-hydrogen) atoms. The molecule has 3 aromatic rings. The summed E-state index contributed by atoms with van der Waals surface area (Å²) in [6.45, 7) is 0. The molecule has 0 fully saturated rings. The molecule has 0 saturated heterocycles. The fraction of sp³-hybridized carbons (Fsp3) is 0. The Labute approximate surface area is 142 Å². The van der Waals surface area contributed by atoms with Gasteiger partial charge in [-0.2, -0.15) is 5.26 Å². The Kier molecular flexibility index (Phi) is 3.67. The second-order valence-electron chi connectivity index (χ2n) is 4.21. The van der Waals surface area contributed by atoms with Crippen molar-refractivity contribution in [3.8, 4) is 11.8 Å². The Balaban J connectivity index is 2.33. The van der Waals surface area contributed by atoms with E-state index < -0.39 is 0 Å². The van der Waals surface area contributed by atoms with E-state index in [0.717, 1.165) is 24.8 Å². The highest BCUT2D eigenvalue weighted by atomic mass is 127. The standard InChI is InChI=1S/C14H7BrIN3S/c15-10-5-8(7-17)1-3-12(10)19-13-4-2-9(16)6-11(13)18-14(19)20/h1-6H,(H,18,20). The molecule has 1 N–H and O–H groups in total. The number of nitrogens with zero attached hydrogens (tertiary/aromatic N) is 2. The van der Waals surface area contributed by atoms with Gasteiger partial charge in [0, 0.05) is 8.04 Å². The summed E-state index contributed by atoms with van der Waals surface area (Å²) in [5.41, 5.74) is 3.54. The van der Waals surface area contributed by atoms with E-state index in [4.69, 9.17) is 17.5 Å². The molecule has 0 aliphatic carbocycles. The molecule has 6 heteroatoms. The van der Waals surface area contributed by atoms with Gasteiger partial charge in [0.25, 0.3) is 0 Å². The Morgan fingerprint density at radius 2 is 2.05 bits per heavy atom. The molecule has 3 rings (SSSR count). The van der Waals surface area contributed by atoms with Crippen molar-refractivity contribution in [3.63, 3.8) is 0 Å². The van der Waals surface area contributed by atoms with Gasteiger partial charge in [-0.25, -0.2) is 0 Å². The average molecular weight is 456 g/mol. The van der Waals surface area contributed by atoms with Crippen LogP contribution in [0.2, 0.25) is 0 Å². The summed E-state index contributed by atoms with van der Waals surface area (Å²) < 4.78 is 4.59. The topological polar surface area (TPSA) is 44.5 Å². The van der Waals surface area contributed by atoms with E-state index in [0.29, 0.717) is 10.3 Å². The maximum absolute atomic E-state index is 8.94. The van der Waals surface area contributed by atoms with Crippen molar-refractivity contribution in [3.05, 3.63) is 54.8 Å². The van der Waals surface area contributed by atoms with Crippen LogP contribution in [0, 0.1) is 19.7 Å². The second-order valence-corrected chi connectivity index (χ2v) is 6.69. The van der Waals surface area contributed by atoms with Crippen LogP contribution >= 0.6 is 50.7 Å². The zero-order chi connectivity index (χ0) is 14.3. The number of fused-ring (bicyclic) bond motifs is 1. The molecule has 2 aromatic carbocycles. The van der Waals surface area contributed by atoms with Gasteiger partial charge in [0.15, 0.2) is 4.77 Å². The molecule has 0 saturated carbocycles. The number of halogens is 2. The van der Waals surface area contributed by atoms with Gasteiger partial charge in [-0.15, -0.1) is 0 Å². The van der Waals surface area contributed by atoms with Crippen LogP contribution in [0.4, 0.5) is 0 Å². The van der Waals surface area contributed by atoms with Crippen LogP contribution in [0.5, 0.6) is 0 Å². The van der Waals surface area contributed by atoms with Crippen LogP contribution in [0.3, 0.4) is 0 Å². The van der Waals surface area contributed by atoms with E-state index in [1.165, 1.54) is 0 Å². The average Bonchev–Trinajstić information content (AvgIpc) is 2.73. The number of hydrogen-bond donors (Lipinski definition) is 1. The molecule has 0 aliphatic rings. The van der Waals surface area contributed by atoms with Crippen molar-refractivity contribution in [2.45, 2.75) is 0 Å². The number of hydrogen-bond acceptors (Lipinski definition) is 2. The molecule has 3 nitrogen and oxygen atoms in total. The lowest BCUT2D eigenvalue weighted by atomic mass is 10.2. The quantitative estimate of drug-likeness (QED) is 0.417. The van der Waals surface area contributed by atoms with Gasteiger partial charge in [-0.05, 0) is 87.1 Å². The number of nitrogens with one attached hydrogen (secondary N) is 1. The fourth-order valence-corrected chi connectivity index (χ4v) is 3.43. The predicted octanol–water partition coefficient (Wildman–Crippen LogP) is 4.93. The van der Waals surface area contributed by atoms with Gasteiger partial charge < -0.3 is 4.98 Å². The lowest BCUT2D eigenvalue weighted by molar-refractivity contribution is 1.06. The van der Waals surface area contributed by atoms with Crippen LogP contribution in [0.15, 0.2) is 40.9 Å². The van der Waals surface area contributed by atoms with E-state index in [-0.39, 0.29) is 0 Å². The van der Waals surface area contributed by atoms with Crippen LogP contribution in [0.25, 0.3) is 16.7 Å². The minimum absolute atomic E-state index is 0.613. The predicted molar refractivity (Wildman–Crippen MR) is 93.6 cm³/mol. The smallest absolute Gasteiger partial charge is 0.182 e. The van der Waals surface area contributed by atoms with E-state index in [9.17, 15) is 0 Å². The summed E-state index contributed by atoms with van der Waals surface area (Å²) in [6.07, 6.45) is 0. The van der Waals surface area contributed by atoms with Crippen LogP contribution in [-0.4, -0.2) is 9.55 Å². The first-order chi connectivity index (χ1) is 9.60. The summed E-state index contributed by atoms with van der Waals surface area (Å²) in [5, 5.41) is 8.94. The highest BCUT2D eigenvalue weighted by molar-refractivity contribution is 14.1. The molecule has 98 valence electrons. The maximum Gasteiger partial charge on any atom is 0.182 e. The Morgan fingerprint density at radius 1 is 1.25 bits per heavy atom. The Morgan fingerprint density at radius 3 is 2.75 bits per heavy atom. The summed E-state index contributed by atoms with van der Waals surface area (Å²) in [6, 6.07) is 13.7. The fourth-order valence-electron chi connectivity index (χ4n) is 2.08. The second kappa shape index (κ2) is 5.31. The molecule has 0 spiro atoms. The first-order valence-corrected chi connectivity index (χ1v) is 7.98. The third-order valence-electron chi connectivity index (χ3n) is 2.96. The van der Waals surface area contributed by atoms with Crippen molar-refractivity contribution < 1.29 is 0 Å². The first-order valence-electron chi connectivity index (χ1n) is 5.70. The van der Waals surface area contributed by atoms with E-state index >= 15 is 0 Å². The molecule has 0 radical (unpaired) electrons. The van der Waals surface area contributed by atoms with Gasteiger partial charge in [-0.1, -0.05) is 0 Å². The summed E-state index contributed by atoms with van der Waals surface area (Å²) in [5.74, 6) is 0. The van der Waals surface area contributed by atoms with Crippen LogP contribution in [0.1, 0.15) is 5.56 Å². The number of benzene rings is 2. The zero-order valence-corrected chi connectivity index (χ0v) is 14.6. The van der Waals surface area contributed by atoms with Crippen LogP contribution in [-0.2, 0) is 0 Å². The Bertz CT molecular complexity index is 920. The van der Waals surface area contributed by atoms with Gasteiger partial charge >= 0.3 is 0 Å². The lowest BCUT2D eigenvalue weighted by Crippen LogP contribution is -1.95. The third kappa shape index (κ3) is 2.30. The highest BCUT2D eigenvalue weighted by Crippen LogP contribution is 2.27. The van der Waals surface area contributed by atoms with Crippen molar-refractivity contribution in [2.75, 3.05) is 0 Å². The highest BCUT2D eigenvalue weighted by Gasteiger charge is 2.10. The van der Waals surface area contributed by atoms with E-state index in [1.807, 2.05) is 22.8 Å². The minimum Gasteiger partial charge on any atom is -0.330 e. The largest absolute Gasteiger partial charge is 0.330 e. The van der Waals surface area contributed by atoms with Crippen molar-refractivity contribution in [2.24, 2.45) is 0 Å². The summed E-state index contributed by atoms with van der Waals surface area (Å²) in [7, 11) is 0. The molecule has 1 heterocycles. The molecular formula is C14H7BrIN3S. The number of rotatable bonds is 1. The molecule has 0 bridgehead atoms. The number of aromatic nitrogens is 2. The lowest BCUT2D eigenvalue weighted by Gasteiger charge is -2.07. The normalized spacial score (nSPS) is 10.7. The molecule has 0 amide bonds. The van der Waals surface area contributed by atoms with Crippen molar-refractivity contribution >= 4 is 61.8 Å². The molecule has 1 aromatic heterocycles. The van der Waals surface area contributed by atoms with Crippen molar-refractivity contribution in [1.29, 1.82) is 5.26 Å².